The van der Waals surface area contributed by atoms with Crippen molar-refractivity contribution in [2.24, 2.45) is 0 Å². The van der Waals surface area contributed by atoms with Crippen LogP contribution in [0.2, 0.25) is 0 Å². The molecule has 3 amide bonds. The van der Waals surface area contributed by atoms with Crippen LogP contribution in [-0.2, 0) is 23.3 Å². The van der Waals surface area contributed by atoms with Gasteiger partial charge in [0.2, 0.25) is 11.7 Å². The molecule has 2 aliphatic rings. The smallest absolute Gasteiger partial charge is 0.325 e. The molecule has 1 aliphatic carbocycles. The van der Waals surface area contributed by atoms with Gasteiger partial charge in [-0.05, 0) is 30.7 Å². The predicted octanol–water partition coefficient (Wildman–Crippen LogP) is 3.08. The number of thiophene rings is 1. The first-order valence-corrected chi connectivity index (χ1v) is 9.64. The van der Waals surface area contributed by atoms with Gasteiger partial charge in [-0.3, -0.25) is 9.69 Å². The lowest BCUT2D eigenvalue weighted by molar-refractivity contribution is -0.132. The predicted molar refractivity (Wildman–Crippen MR) is 97.8 cm³/mol. The molecule has 8 heteroatoms. The number of hydrogen-bond acceptors (Lipinski definition) is 6. The molecule has 0 saturated carbocycles. The number of nitrogens with one attached hydrogen (secondary N) is 1. The zero-order valence-corrected chi connectivity index (χ0v) is 15.2. The van der Waals surface area contributed by atoms with Gasteiger partial charge in [-0.1, -0.05) is 35.5 Å². The van der Waals surface area contributed by atoms with Crippen LogP contribution >= 0.6 is 11.3 Å². The molecule has 1 atom stereocenters. The number of fused-ring (bicyclic) bond motifs is 2. The topological polar surface area (TPSA) is 88.3 Å². The number of carbonyl (C=O) groups is 2. The number of rotatable bonds is 3. The van der Waals surface area contributed by atoms with Crippen LogP contribution in [0.3, 0.4) is 0 Å². The molecule has 1 fully saturated rings. The summed E-state index contributed by atoms with van der Waals surface area (Å²) >= 11 is 1.63. The molecule has 2 aromatic heterocycles. The van der Waals surface area contributed by atoms with Crippen molar-refractivity contribution < 1.29 is 14.1 Å². The summed E-state index contributed by atoms with van der Waals surface area (Å²) in [6, 6.07) is 10.9. The Morgan fingerprint density at radius 1 is 1.22 bits per heavy atom. The van der Waals surface area contributed by atoms with Crippen molar-refractivity contribution in [3.63, 3.8) is 0 Å². The first kappa shape index (κ1) is 16.2. The molecule has 1 aliphatic heterocycles. The van der Waals surface area contributed by atoms with Gasteiger partial charge in [0, 0.05) is 16.0 Å². The van der Waals surface area contributed by atoms with E-state index in [1.165, 1.54) is 9.78 Å². The van der Waals surface area contributed by atoms with Gasteiger partial charge in [0.1, 0.15) is 12.1 Å². The van der Waals surface area contributed by atoms with E-state index in [-0.39, 0.29) is 18.3 Å². The SMILES string of the molecule is O=C1NC2(CCCc3sccc32)C(=O)N1Cc1nc(-c2ccccc2)no1. The Bertz CT molecular complexity index is 1030. The summed E-state index contributed by atoms with van der Waals surface area (Å²) in [7, 11) is 0. The van der Waals surface area contributed by atoms with E-state index in [1.54, 1.807) is 11.3 Å². The number of nitrogens with zero attached hydrogens (tertiary/aromatic N) is 3. The minimum absolute atomic E-state index is 0.0360. The summed E-state index contributed by atoms with van der Waals surface area (Å²) in [5.74, 6) is 0.423. The molecular weight excluding hydrogens is 364 g/mol. The summed E-state index contributed by atoms with van der Waals surface area (Å²) in [4.78, 5) is 32.4. The maximum absolute atomic E-state index is 13.2. The standard InChI is InChI=1S/C19H16N4O3S/c24-17-19(9-4-7-14-13(19)8-10-27-14)21-18(25)23(17)11-15-20-16(22-26-15)12-5-2-1-3-6-12/h1-3,5-6,8,10H,4,7,9,11H2,(H,21,25). The molecule has 1 spiro atoms. The van der Waals surface area contributed by atoms with Gasteiger partial charge >= 0.3 is 6.03 Å². The summed E-state index contributed by atoms with van der Waals surface area (Å²) in [5, 5.41) is 8.86. The van der Waals surface area contributed by atoms with Crippen LogP contribution < -0.4 is 5.32 Å². The largest absolute Gasteiger partial charge is 0.337 e. The van der Waals surface area contributed by atoms with Crippen molar-refractivity contribution in [3.8, 4) is 11.4 Å². The van der Waals surface area contributed by atoms with Gasteiger partial charge in [-0.15, -0.1) is 11.3 Å². The highest BCUT2D eigenvalue weighted by Crippen LogP contribution is 2.42. The molecular formula is C19H16N4O3S. The number of aromatic nitrogens is 2. The van der Waals surface area contributed by atoms with Gasteiger partial charge in [-0.2, -0.15) is 4.98 Å². The van der Waals surface area contributed by atoms with E-state index in [0.717, 1.165) is 24.0 Å². The lowest BCUT2D eigenvalue weighted by Gasteiger charge is -2.31. The first-order chi connectivity index (χ1) is 13.2. The van der Waals surface area contributed by atoms with E-state index in [4.69, 9.17) is 4.52 Å². The molecule has 5 rings (SSSR count). The van der Waals surface area contributed by atoms with Crippen LogP contribution in [0.15, 0.2) is 46.3 Å². The zero-order valence-electron chi connectivity index (χ0n) is 14.3. The molecule has 136 valence electrons. The van der Waals surface area contributed by atoms with Crippen LogP contribution in [0, 0.1) is 0 Å². The van der Waals surface area contributed by atoms with Crippen LogP contribution in [0.4, 0.5) is 4.79 Å². The van der Waals surface area contributed by atoms with E-state index >= 15 is 0 Å². The Morgan fingerprint density at radius 3 is 2.93 bits per heavy atom. The normalized spacial score (nSPS) is 21.6. The lowest BCUT2D eigenvalue weighted by Crippen LogP contribution is -2.46. The lowest BCUT2D eigenvalue weighted by atomic mass is 9.80. The molecule has 0 bridgehead atoms. The molecule has 1 saturated heterocycles. The Kier molecular flexibility index (Phi) is 3.61. The zero-order chi connectivity index (χ0) is 18.4. The average molecular weight is 380 g/mol. The second-order valence-electron chi connectivity index (χ2n) is 6.72. The number of amides is 3. The van der Waals surface area contributed by atoms with E-state index in [1.807, 2.05) is 41.8 Å². The van der Waals surface area contributed by atoms with Gasteiger partial charge < -0.3 is 9.84 Å². The van der Waals surface area contributed by atoms with E-state index in [9.17, 15) is 9.59 Å². The first-order valence-electron chi connectivity index (χ1n) is 8.76. The van der Waals surface area contributed by atoms with Crippen LogP contribution in [-0.4, -0.2) is 27.0 Å². The van der Waals surface area contributed by atoms with Crippen molar-refractivity contribution in [1.29, 1.82) is 0 Å². The van der Waals surface area contributed by atoms with E-state index in [0.29, 0.717) is 12.2 Å². The summed E-state index contributed by atoms with van der Waals surface area (Å²) < 4.78 is 5.27. The average Bonchev–Trinajstić information content (AvgIpc) is 3.40. The minimum Gasteiger partial charge on any atom is -0.337 e. The van der Waals surface area contributed by atoms with Crippen LogP contribution in [0.1, 0.15) is 29.2 Å². The monoisotopic (exact) mass is 380 g/mol. The van der Waals surface area contributed by atoms with Crippen LogP contribution in [0.25, 0.3) is 11.4 Å². The highest BCUT2D eigenvalue weighted by molar-refractivity contribution is 7.10. The van der Waals surface area contributed by atoms with E-state index < -0.39 is 11.6 Å². The molecule has 1 unspecified atom stereocenters. The Hall–Kier alpha value is -3.00. The minimum atomic E-state index is -0.951. The Labute approximate surface area is 159 Å². The highest BCUT2D eigenvalue weighted by Gasteiger charge is 2.54. The Morgan fingerprint density at radius 2 is 2.07 bits per heavy atom. The third-order valence-electron chi connectivity index (χ3n) is 5.13. The number of urea groups is 1. The molecule has 1 aromatic carbocycles. The summed E-state index contributed by atoms with van der Waals surface area (Å²) in [6.07, 6.45) is 2.42. The van der Waals surface area contributed by atoms with Gasteiger partial charge in [0.25, 0.3) is 5.91 Å². The molecule has 7 nitrogen and oxygen atoms in total. The highest BCUT2D eigenvalue weighted by atomic mass is 32.1. The third kappa shape index (κ3) is 2.48. The van der Waals surface area contributed by atoms with Gasteiger partial charge in [0.15, 0.2) is 0 Å². The summed E-state index contributed by atoms with van der Waals surface area (Å²) in [6.45, 7) is -0.0360. The van der Waals surface area contributed by atoms with Crippen molar-refractivity contribution in [3.05, 3.63) is 58.1 Å². The maximum Gasteiger partial charge on any atom is 0.325 e. The fraction of sp³-hybridized carbons (Fsp3) is 0.263. The molecule has 0 radical (unpaired) electrons. The molecule has 3 aromatic rings. The number of carbonyl (C=O) groups excluding carboxylic acids is 2. The Balaban J connectivity index is 1.42. The number of imide groups is 1. The van der Waals surface area contributed by atoms with Crippen molar-refractivity contribution in [1.82, 2.24) is 20.4 Å². The number of hydrogen-bond donors (Lipinski definition) is 1. The van der Waals surface area contributed by atoms with Gasteiger partial charge in [0.05, 0.1) is 0 Å². The van der Waals surface area contributed by atoms with Crippen molar-refractivity contribution in [2.75, 3.05) is 0 Å². The van der Waals surface area contributed by atoms with Gasteiger partial charge in [-0.25, -0.2) is 4.79 Å². The fourth-order valence-electron chi connectivity index (χ4n) is 3.84. The quantitative estimate of drug-likeness (QED) is 0.706. The molecule has 1 N–H and O–H groups in total. The van der Waals surface area contributed by atoms with E-state index in [2.05, 4.69) is 15.5 Å². The second-order valence-corrected chi connectivity index (χ2v) is 7.72. The third-order valence-corrected chi connectivity index (χ3v) is 6.11. The summed E-state index contributed by atoms with van der Waals surface area (Å²) in [5.41, 5.74) is 0.791. The van der Waals surface area contributed by atoms with Crippen molar-refractivity contribution in [2.45, 2.75) is 31.3 Å². The van der Waals surface area contributed by atoms with Crippen LogP contribution in [0.5, 0.6) is 0 Å². The molecule has 3 heterocycles. The second kappa shape index (κ2) is 6.02. The number of aryl methyl sites for hydroxylation is 1. The number of benzene rings is 1. The van der Waals surface area contributed by atoms with Crippen molar-refractivity contribution >= 4 is 23.3 Å². The molecule has 27 heavy (non-hydrogen) atoms. The fourth-order valence-corrected chi connectivity index (χ4v) is 4.84. The maximum atomic E-state index is 13.2.